The smallest absolute Gasteiger partial charge is 0.329 e. The second-order valence-electron chi connectivity index (χ2n) is 8.58. The quantitative estimate of drug-likeness (QED) is 0.431. The number of rotatable bonds is 9. The van der Waals surface area contributed by atoms with E-state index in [0.29, 0.717) is 18.7 Å². The molecule has 0 aliphatic carbocycles. The summed E-state index contributed by atoms with van der Waals surface area (Å²) in [6.45, 7) is 4.01. The van der Waals surface area contributed by atoms with Gasteiger partial charge in [-0.25, -0.2) is 13.2 Å². The van der Waals surface area contributed by atoms with Crippen LogP contribution >= 0.6 is 0 Å². The summed E-state index contributed by atoms with van der Waals surface area (Å²) < 4.78 is 32.1. The first-order valence-electron chi connectivity index (χ1n) is 11.4. The maximum atomic E-state index is 12.7. The molecule has 2 aromatic carbocycles. The van der Waals surface area contributed by atoms with Crippen LogP contribution in [0.2, 0.25) is 0 Å². The lowest BCUT2D eigenvalue weighted by atomic mass is 10.0. The molecule has 1 heterocycles. The van der Waals surface area contributed by atoms with Crippen molar-refractivity contribution in [2.75, 3.05) is 19.7 Å². The van der Waals surface area contributed by atoms with Gasteiger partial charge in [0, 0.05) is 24.2 Å². The zero-order chi connectivity index (χ0) is 24.7. The third-order valence-corrected chi connectivity index (χ3v) is 7.63. The molecule has 1 atom stereocenters. The normalized spacial score (nSPS) is 15.5. The highest BCUT2D eigenvalue weighted by molar-refractivity contribution is 7.89. The van der Waals surface area contributed by atoms with Gasteiger partial charge in [-0.2, -0.15) is 4.31 Å². The Bertz CT molecular complexity index is 1110. The molecule has 34 heavy (non-hydrogen) atoms. The zero-order valence-corrected chi connectivity index (χ0v) is 20.2. The van der Waals surface area contributed by atoms with Crippen LogP contribution in [0.1, 0.15) is 53.8 Å². The summed E-state index contributed by atoms with van der Waals surface area (Å²) in [6.07, 6.45) is 2.69. The number of carbonyl (C=O) groups is 3. The number of ether oxygens (including phenoxy) is 1. The number of ketones is 1. The molecule has 0 radical (unpaired) electrons. The average molecular weight is 487 g/mol. The van der Waals surface area contributed by atoms with Crippen LogP contribution in [0, 0.1) is 5.92 Å². The number of carbonyl (C=O) groups excluding carboxylic acids is 3. The largest absolute Gasteiger partial charge is 0.456 e. The van der Waals surface area contributed by atoms with E-state index in [1.807, 2.05) is 0 Å². The molecule has 1 N–H and O–H groups in total. The fraction of sp³-hybridized carbons (Fsp3) is 0.400. The van der Waals surface area contributed by atoms with Crippen molar-refractivity contribution >= 4 is 27.7 Å². The maximum absolute atomic E-state index is 12.7. The predicted molar refractivity (Wildman–Crippen MR) is 127 cm³/mol. The molecule has 2 aromatic rings. The van der Waals surface area contributed by atoms with Crippen molar-refractivity contribution in [1.82, 2.24) is 9.62 Å². The number of hydrogen-bond donors (Lipinski definition) is 1. The van der Waals surface area contributed by atoms with E-state index < -0.39 is 40.3 Å². The molecule has 1 aliphatic rings. The van der Waals surface area contributed by atoms with Crippen LogP contribution in [0.15, 0.2) is 59.5 Å². The minimum Gasteiger partial charge on any atom is -0.456 e. The first-order valence-corrected chi connectivity index (χ1v) is 12.8. The number of hydrogen-bond acceptors (Lipinski definition) is 6. The van der Waals surface area contributed by atoms with E-state index in [2.05, 4.69) is 5.32 Å². The molecule has 8 nitrogen and oxygen atoms in total. The molecule has 0 spiro atoms. The maximum Gasteiger partial charge on any atom is 0.329 e. The Morgan fingerprint density at radius 3 is 2.12 bits per heavy atom. The van der Waals surface area contributed by atoms with Crippen molar-refractivity contribution in [1.29, 1.82) is 0 Å². The van der Waals surface area contributed by atoms with Gasteiger partial charge in [0.15, 0.2) is 12.4 Å². The van der Waals surface area contributed by atoms with Gasteiger partial charge in [0.25, 0.3) is 5.91 Å². The van der Waals surface area contributed by atoms with E-state index in [1.165, 1.54) is 28.6 Å². The minimum absolute atomic E-state index is 0.131. The molecule has 182 valence electrons. The van der Waals surface area contributed by atoms with Crippen LogP contribution in [0.5, 0.6) is 0 Å². The van der Waals surface area contributed by atoms with Gasteiger partial charge in [0.05, 0.1) is 4.90 Å². The number of sulfonamides is 1. The number of nitrogens with one attached hydrogen (secondary N) is 1. The molecular weight excluding hydrogens is 456 g/mol. The molecule has 9 heteroatoms. The number of nitrogens with zero attached hydrogens (tertiary/aromatic N) is 1. The van der Waals surface area contributed by atoms with E-state index in [9.17, 15) is 22.8 Å². The van der Waals surface area contributed by atoms with E-state index >= 15 is 0 Å². The topological polar surface area (TPSA) is 110 Å². The second-order valence-corrected chi connectivity index (χ2v) is 10.5. The Morgan fingerprint density at radius 2 is 1.53 bits per heavy atom. The highest BCUT2D eigenvalue weighted by atomic mass is 32.2. The molecule has 1 aliphatic heterocycles. The van der Waals surface area contributed by atoms with Crippen LogP contribution in [0.4, 0.5) is 0 Å². The van der Waals surface area contributed by atoms with Crippen LogP contribution in [-0.4, -0.2) is 56.1 Å². The van der Waals surface area contributed by atoms with E-state index in [-0.39, 0.29) is 16.4 Å². The highest BCUT2D eigenvalue weighted by Gasteiger charge is 2.28. The predicted octanol–water partition coefficient (Wildman–Crippen LogP) is 3.04. The van der Waals surface area contributed by atoms with Gasteiger partial charge in [-0.15, -0.1) is 0 Å². The van der Waals surface area contributed by atoms with Crippen LogP contribution < -0.4 is 5.32 Å². The number of amides is 1. The highest BCUT2D eigenvalue weighted by Crippen LogP contribution is 2.21. The molecule has 0 unspecified atom stereocenters. The van der Waals surface area contributed by atoms with Gasteiger partial charge in [-0.05, 0) is 55.2 Å². The third kappa shape index (κ3) is 6.30. The van der Waals surface area contributed by atoms with Crippen LogP contribution in [0.25, 0.3) is 0 Å². The zero-order valence-electron chi connectivity index (χ0n) is 19.4. The monoisotopic (exact) mass is 486 g/mol. The SMILES string of the molecule is CC(C)[C@H](NC(=O)c1ccccc1)C(=O)OCC(=O)c1ccc(S(=O)(=O)N2CCCCC2)cc1. The Morgan fingerprint density at radius 1 is 0.912 bits per heavy atom. The average Bonchev–Trinajstić information content (AvgIpc) is 2.86. The Labute approximate surface area is 200 Å². The summed E-state index contributed by atoms with van der Waals surface area (Å²) in [5.74, 6) is -1.84. The number of piperidine rings is 1. The number of esters is 1. The molecule has 0 aromatic heterocycles. The Kier molecular flexibility index (Phi) is 8.57. The Hall–Kier alpha value is -3.04. The van der Waals surface area contributed by atoms with E-state index in [0.717, 1.165) is 19.3 Å². The molecule has 1 fully saturated rings. The van der Waals surface area contributed by atoms with Crippen molar-refractivity contribution in [3.8, 4) is 0 Å². The van der Waals surface area contributed by atoms with Gasteiger partial charge in [0.1, 0.15) is 6.04 Å². The minimum atomic E-state index is -3.59. The van der Waals surface area contributed by atoms with E-state index in [1.54, 1.807) is 44.2 Å². The van der Waals surface area contributed by atoms with Crippen molar-refractivity contribution in [3.63, 3.8) is 0 Å². The van der Waals surface area contributed by atoms with Crippen molar-refractivity contribution < 1.29 is 27.5 Å². The first kappa shape index (κ1) is 25.6. The summed E-state index contributed by atoms with van der Waals surface area (Å²) >= 11 is 0. The van der Waals surface area contributed by atoms with Crippen molar-refractivity contribution in [2.24, 2.45) is 5.92 Å². The summed E-state index contributed by atoms with van der Waals surface area (Å²) in [5, 5.41) is 2.66. The standard InChI is InChI=1S/C25H30N2O6S/c1-18(2)23(26-24(29)20-9-5-3-6-10-20)25(30)33-17-22(28)19-11-13-21(14-12-19)34(31,32)27-15-7-4-8-16-27/h3,5-6,9-14,18,23H,4,7-8,15-17H2,1-2H3,(H,26,29)/t23-/m0/s1. The lowest BCUT2D eigenvalue weighted by molar-refractivity contribution is -0.145. The number of benzene rings is 2. The van der Waals surface area contributed by atoms with Gasteiger partial charge >= 0.3 is 5.97 Å². The summed E-state index contributed by atoms with van der Waals surface area (Å²) in [5.41, 5.74) is 0.649. The van der Waals surface area contributed by atoms with Gasteiger partial charge in [-0.3, -0.25) is 9.59 Å². The summed E-state index contributed by atoms with van der Waals surface area (Å²) in [4.78, 5) is 37.6. The molecule has 1 saturated heterocycles. The second kappa shape index (κ2) is 11.4. The van der Waals surface area contributed by atoms with Gasteiger partial charge < -0.3 is 10.1 Å². The fourth-order valence-corrected chi connectivity index (χ4v) is 5.21. The van der Waals surface area contributed by atoms with Gasteiger partial charge in [0.2, 0.25) is 10.0 Å². The van der Waals surface area contributed by atoms with E-state index in [4.69, 9.17) is 4.74 Å². The molecule has 0 saturated carbocycles. The van der Waals surface area contributed by atoms with Gasteiger partial charge in [-0.1, -0.05) is 38.5 Å². The number of Topliss-reactive ketones (excluding diaryl/α,β-unsaturated/α-hetero) is 1. The molecular formula is C25H30N2O6S. The van der Waals surface area contributed by atoms with Crippen molar-refractivity contribution in [3.05, 3.63) is 65.7 Å². The lowest BCUT2D eigenvalue weighted by Crippen LogP contribution is -2.45. The molecule has 0 bridgehead atoms. The van der Waals surface area contributed by atoms with Crippen molar-refractivity contribution in [2.45, 2.75) is 44.0 Å². The lowest BCUT2D eigenvalue weighted by Gasteiger charge is -2.25. The molecule has 1 amide bonds. The summed E-state index contributed by atoms with van der Waals surface area (Å²) in [7, 11) is -3.59. The first-order chi connectivity index (χ1) is 16.2. The fourth-order valence-electron chi connectivity index (χ4n) is 3.69. The Balaban J connectivity index is 1.59. The van der Waals surface area contributed by atoms with Crippen LogP contribution in [0.3, 0.4) is 0 Å². The molecule has 3 rings (SSSR count). The van der Waals surface area contributed by atoms with Crippen LogP contribution in [-0.2, 0) is 19.6 Å². The third-order valence-electron chi connectivity index (χ3n) is 5.72. The summed E-state index contributed by atoms with van der Waals surface area (Å²) in [6, 6.07) is 13.2.